The van der Waals surface area contributed by atoms with E-state index < -0.39 is 48.9 Å². The fraction of sp³-hybridized carbons (Fsp3) is 0.318. The number of carbonyl (C=O) groups excluding carboxylic acids is 2. The first kappa shape index (κ1) is 24.1. The SMILES string of the molecule is Cc1ccc(Oc2cccc(C(=O)NCC(=O)N3C[C@H](OC(F)F)C[C@H]3C(=O)O)c2F)cc1. The Bertz CT molecular complexity index is 1030. The van der Waals surface area contributed by atoms with E-state index in [2.05, 4.69) is 10.1 Å². The average molecular weight is 466 g/mol. The molecule has 1 aliphatic heterocycles. The predicted octanol–water partition coefficient (Wildman–Crippen LogP) is 2.95. The van der Waals surface area contributed by atoms with Gasteiger partial charge in [-0.2, -0.15) is 8.78 Å². The molecule has 2 N–H and O–H groups in total. The van der Waals surface area contributed by atoms with Gasteiger partial charge in [-0.1, -0.05) is 23.8 Å². The van der Waals surface area contributed by atoms with Crippen LogP contribution < -0.4 is 10.1 Å². The number of carbonyl (C=O) groups is 3. The first-order valence-electron chi connectivity index (χ1n) is 9.92. The van der Waals surface area contributed by atoms with Gasteiger partial charge in [0.2, 0.25) is 5.91 Å². The van der Waals surface area contributed by atoms with Gasteiger partial charge in [-0.25, -0.2) is 9.18 Å². The van der Waals surface area contributed by atoms with E-state index in [1.165, 1.54) is 18.2 Å². The number of nitrogens with one attached hydrogen (secondary N) is 1. The monoisotopic (exact) mass is 466 g/mol. The standard InChI is InChI=1S/C22H21F3N2O6/c1-12-5-7-13(8-6-12)32-17-4-2-3-15(19(17)23)20(29)26-10-18(28)27-11-14(33-22(24)25)9-16(27)21(30)31/h2-8,14,16,22H,9-11H2,1H3,(H,26,29)(H,30,31)/t14-,16+/m1/s1. The summed E-state index contributed by atoms with van der Waals surface area (Å²) in [5, 5.41) is 11.5. The molecule has 11 heteroatoms. The van der Waals surface area contributed by atoms with Gasteiger partial charge in [0.05, 0.1) is 18.2 Å². The highest BCUT2D eigenvalue weighted by Gasteiger charge is 2.41. The van der Waals surface area contributed by atoms with Crippen LogP contribution in [-0.2, 0) is 14.3 Å². The minimum absolute atomic E-state index is 0.199. The number of aryl methyl sites for hydroxylation is 1. The molecule has 0 spiro atoms. The Hall–Kier alpha value is -3.60. The van der Waals surface area contributed by atoms with Gasteiger partial charge in [0, 0.05) is 13.0 Å². The highest BCUT2D eigenvalue weighted by Crippen LogP contribution is 2.27. The van der Waals surface area contributed by atoms with Crippen molar-refractivity contribution >= 4 is 17.8 Å². The first-order valence-corrected chi connectivity index (χ1v) is 9.92. The van der Waals surface area contributed by atoms with Crippen molar-refractivity contribution in [1.82, 2.24) is 10.2 Å². The van der Waals surface area contributed by atoms with Crippen molar-refractivity contribution < 1.29 is 42.1 Å². The van der Waals surface area contributed by atoms with Gasteiger partial charge in [0.1, 0.15) is 11.8 Å². The summed E-state index contributed by atoms with van der Waals surface area (Å²) in [4.78, 5) is 37.1. The summed E-state index contributed by atoms with van der Waals surface area (Å²) in [6.07, 6.45) is -1.47. The van der Waals surface area contributed by atoms with Crippen LogP contribution in [-0.4, -0.2) is 59.6 Å². The normalized spacial score (nSPS) is 17.8. The van der Waals surface area contributed by atoms with Crippen molar-refractivity contribution in [2.24, 2.45) is 0 Å². The number of carboxylic acid groups (broad SMARTS) is 1. The fourth-order valence-corrected chi connectivity index (χ4v) is 3.40. The molecule has 33 heavy (non-hydrogen) atoms. The Morgan fingerprint density at radius 3 is 2.52 bits per heavy atom. The van der Waals surface area contributed by atoms with Crippen LogP contribution >= 0.6 is 0 Å². The second-order valence-electron chi connectivity index (χ2n) is 7.37. The number of benzene rings is 2. The Morgan fingerprint density at radius 2 is 1.88 bits per heavy atom. The lowest BCUT2D eigenvalue weighted by atomic mass is 10.1. The molecule has 0 aromatic heterocycles. The molecule has 2 atom stereocenters. The number of halogens is 3. The van der Waals surface area contributed by atoms with Crippen LogP contribution in [0.4, 0.5) is 13.2 Å². The van der Waals surface area contributed by atoms with E-state index >= 15 is 0 Å². The number of amides is 2. The van der Waals surface area contributed by atoms with Crippen molar-refractivity contribution in [3.63, 3.8) is 0 Å². The van der Waals surface area contributed by atoms with E-state index in [9.17, 15) is 32.7 Å². The van der Waals surface area contributed by atoms with Crippen molar-refractivity contribution in [2.45, 2.75) is 32.1 Å². The largest absolute Gasteiger partial charge is 0.480 e. The Balaban J connectivity index is 1.64. The smallest absolute Gasteiger partial charge is 0.345 e. The third-order valence-corrected chi connectivity index (χ3v) is 5.02. The van der Waals surface area contributed by atoms with Gasteiger partial charge in [0.15, 0.2) is 11.6 Å². The summed E-state index contributed by atoms with van der Waals surface area (Å²) in [6, 6.07) is 9.38. The number of nitrogens with zero attached hydrogens (tertiary/aromatic N) is 1. The molecule has 0 unspecified atom stereocenters. The van der Waals surface area contributed by atoms with Crippen LogP contribution in [0.2, 0.25) is 0 Å². The number of aliphatic carboxylic acids is 1. The Kier molecular flexibility index (Phi) is 7.54. The molecular formula is C22H21F3N2O6. The maximum atomic E-state index is 14.8. The molecule has 0 saturated carbocycles. The molecule has 1 heterocycles. The molecule has 3 rings (SSSR count). The van der Waals surface area contributed by atoms with E-state index in [0.29, 0.717) is 5.75 Å². The maximum Gasteiger partial charge on any atom is 0.345 e. The Morgan fingerprint density at radius 1 is 1.18 bits per heavy atom. The number of ether oxygens (including phenoxy) is 2. The summed E-state index contributed by atoms with van der Waals surface area (Å²) in [5.41, 5.74) is 0.596. The van der Waals surface area contributed by atoms with E-state index in [1.807, 2.05) is 6.92 Å². The molecule has 1 aliphatic rings. The summed E-state index contributed by atoms with van der Waals surface area (Å²) < 4.78 is 49.5. The third kappa shape index (κ3) is 6.01. The van der Waals surface area contributed by atoms with Crippen LogP contribution in [0.1, 0.15) is 22.3 Å². The fourth-order valence-electron chi connectivity index (χ4n) is 3.40. The van der Waals surface area contributed by atoms with Crippen LogP contribution in [0.3, 0.4) is 0 Å². The van der Waals surface area contributed by atoms with Crippen LogP contribution in [0.25, 0.3) is 0 Å². The number of alkyl halides is 2. The molecule has 1 fully saturated rings. The number of carboxylic acids is 1. The number of rotatable bonds is 8. The minimum atomic E-state index is -3.11. The summed E-state index contributed by atoms with van der Waals surface area (Å²) >= 11 is 0. The van der Waals surface area contributed by atoms with Crippen LogP contribution in [0.5, 0.6) is 11.5 Å². The molecule has 8 nitrogen and oxygen atoms in total. The minimum Gasteiger partial charge on any atom is -0.480 e. The second-order valence-corrected chi connectivity index (χ2v) is 7.37. The van der Waals surface area contributed by atoms with E-state index in [1.54, 1.807) is 24.3 Å². The van der Waals surface area contributed by atoms with Crippen molar-refractivity contribution in [1.29, 1.82) is 0 Å². The van der Waals surface area contributed by atoms with Gasteiger partial charge in [-0.05, 0) is 31.2 Å². The van der Waals surface area contributed by atoms with Crippen LogP contribution in [0.15, 0.2) is 42.5 Å². The number of likely N-dealkylation sites (tertiary alicyclic amines) is 1. The molecule has 1 saturated heterocycles. The third-order valence-electron chi connectivity index (χ3n) is 5.02. The lowest BCUT2D eigenvalue weighted by molar-refractivity contribution is -0.160. The van der Waals surface area contributed by atoms with E-state index in [-0.39, 0.29) is 24.3 Å². The predicted molar refractivity (Wildman–Crippen MR) is 109 cm³/mol. The molecular weight excluding hydrogens is 445 g/mol. The van der Waals surface area contributed by atoms with Gasteiger partial charge >= 0.3 is 12.6 Å². The topological polar surface area (TPSA) is 105 Å². The highest BCUT2D eigenvalue weighted by atomic mass is 19.3. The Labute approximate surface area is 186 Å². The quantitative estimate of drug-likeness (QED) is 0.620. The zero-order valence-electron chi connectivity index (χ0n) is 17.5. The summed E-state index contributed by atoms with van der Waals surface area (Å²) in [5.74, 6) is -3.93. The molecule has 2 aromatic carbocycles. The lowest BCUT2D eigenvalue weighted by Gasteiger charge is -2.21. The number of hydrogen-bond donors (Lipinski definition) is 2. The number of hydrogen-bond acceptors (Lipinski definition) is 5. The highest BCUT2D eigenvalue weighted by molar-refractivity contribution is 5.97. The summed E-state index contributed by atoms with van der Waals surface area (Å²) in [7, 11) is 0. The molecule has 176 valence electrons. The van der Waals surface area contributed by atoms with Crippen LogP contribution in [0, 0.1) is 12.7 Å². The van der Waals surface area contributed by atoms with Gasteiger partial charge in [-0.15, -0.1) is 0 Å². The summed E-state index contributed by atoms with van der Waals surface area (Å²) in [6.45, 7) is -2.27. The molecule has 2 aromatic rings. The maximum absolute atomic E-state index is 14.8. The first-order chi connectivity index (χ1) is 15.7. The molecule has 0 bridgehead atoms. The van der Waals surface area contributed by atoms with E-state index in [4.69, 9.17) is 4.74 Å². The van der Waals surface area contributed by atoms with Crippen molar-refractivity contribution in [3.8, 4) is 11.5 Å². The van der Waals surface area contributed by atoms with Crippen molar-refractivity contribution in [2.75, 3.05) is 13.1 Å². The van der Waals surface area contributed by atoms with E-state index in [0.717, 1.165) is 10.5 Å². The lowest BCUT2D eigenvalue weighted by Crippen LogP contribution is -2.45. The zero-order valence-corrected chi connectivity index (χ0v) is 17.5. The molecule has 2 amide bonds. The van der Waals surface area contributed by atoms with Gasteiger partial charge in [0.25, 0.3) is 5.91 Å². The average Bonchev–Trinajstić information content (AvgIpc) is 3.18. The molecule has 0 aliphatic carbocycles. The van der Waals surface area contributed by atoms with Gasteiger partial charge < -0.3 is 24.8 Å². The van der Waals surface area contributed by atoms with Crippen molar-refractivity contribution in [3.05, 3.63) is 59.4 Å². The van der Waals surface area contributed by atoms with Gasteiger partial charge in [-0.3, -0.25) is 9.59 Å². The molecule has 0 radical (unpaired) electrons. The zero-order chi connectivity index (χ0) is 24.1. The second kappa shape index (κ2) is 10.3.